The number of nitrogens with zero attached hydrogens (tertiary/aromatic N) is 3. The van der Waals surface area contributed by atoms with E-state index in [-0.39, 0.29) is 0 Å². The maximum atomic E-state index is 5.97. The molecule has 0 amide bonds. The first-order chi connectivity index (χ1) is 8.33. The summed E-state index contributed by atoms with van der Waals surface area (Å²) in [7, 11) is 0. The molecule has 0 spiro atoms. The van der Waals surface area contributed by atoms with Gasteiger partial charge in [-0.05, 0) is 25.0 Å². The Kier molecular flexibility index (Phi) is 2.93. The van der Waals surface area contributed by atoms with Gasteiger partial charge in [-0.3, -0.25) is 0 Å². The lowest BCUT2D eigenvalue weighted by Crippen LogP contribution is -2.24. The summed E-state index contributed by atoms with van der Waals surface area (Å²) in [6.07, 6.45) is 7.09. The van der Waals surface area contributed by atoms with Crippen molar-refractivity contribution in [2.45, 2.75) is 25.7 Å². The first-order valence-electron chi connectivity index (χ1n) is 6.23. The van der Waals surface area contributed by atoms with E-state index in [9.17, 15) is 0 Å². The summed E-state index contributed by atoms with van der Waals surface area (Å²) in [6.45, 7) is 2.25. The van der Waals surface area contributed by atoms with Crippen molar-refractivity contribution in [2.75, 3.05) is 18.0 Å². The molecule has 3 rings (SSSR count). The quantitative estimate of drug-likeness (QED) is 0.773. The zero-order valence-corrected chi connectivity index (χ0v) is 10.5. The van der Waals surface area contributed by atoms with E-state index in [4.69, 9.17) is 11.6 Å². The van der Waals surface area contributed by atoms with Crippen LogP contribution < -0.4 is 4.90 Å². The Morgan fingerprint density at radius 3 is 2.59 bits per heavy atom. The number of hydrogen-bond acceptors (Lipinski definition) is 2. The summed E-state index contributed by atoms with van der Waals surface area (Å²) >= 11 is 5.97. The van der Waals surface area contributed by atoms with Crippen LogP contribution in [0.5, 0.6) is 0 Å². The molecular weight excluding hydrogens is 234 g/mol. The second-order valence-electron chi connectivity index (χ2n) is 4.62. The molecule has 1 saturated heterocycles. The number of rotatable bonds is 1. The molecule has 4 heteroatoms. The van der Waals surface area contributed by atoms with Crippen molar-refractivity contribution in [2.24, 2.45) is 0 Å². The molecule has 0 unspecified atom stereocenters. The summed E-state index contributed by atoms with van der Waals surface area (Å²) in [6, 6.07) is 6.06. The highest BCUT2D eigenvalue weighted by atomic mass is 35.5. The monoisotopic (exact) mass is 249 g/mol. The molecule has 3 heterocycles. The molecule has 17 heavy (non-hydrogen) atoms. The Hall–Kier alpha value is -1.22. The molecule has 0 saturated carbocycles. The molecule has 90 valence electrons. The molecule has 0 N–H and O–H groups in total. The zero-order valence-electron chi connectivity index (χ0n) is 9.77. The molecule has 0 aromatic carbocycles. The second kappa shape index (κ2) is 4.57. The van der Waals surface area contributed by atoms with Crippen LogP contribution in [0.3, 0.4) is 0 Å². The summed E-state index contributed by atoms with van der Waals surface area (Å²) in [5, 5.41) is 5.32. The van der Waals surface area contributed by atoms with Gasteiger partial charge in [-0.2, -0.15) is 5.10 Å². The Bertz CT molecular complexity index is 512. The highest BCUT2D eigenvalue weighted by Crippen LogP contribution is 2.21. The number of pyridine rings is 1. The van der Waals surface area contributed by atoms with E-state index < -0.39 is 0 Å². The van der Waals surface area contributed by atoms with Crippen molar-refractivity contribution in [3.8, 4) is 0 Å². The maximum absolute atomic E-state index is 5.97. The molecule has 0 aliphatic carbocycles. The van der Waals surface area contributed by atoms with Gasteiger partial charge < -0.3 is 4.90 Å². The third kappa shape index (κ3) is 2.25. The highest BCUT2D eigenvalue weighted by molar-refractivity contribution is 6.30. The molecule has 1 aliphatic heterocycles. The summed E-state index contributed by atoms with van der Waals surface area (Å²) in [5.74, 6) is 1.08. The van der Waals surface area contributed by atoms with E-state index in [1.807, 2.05) is 22.8 Å². The number of halogens is 1. The minimum atomic E-state index is 0.725. The van der Waals surface area contributed by atoms with Crippen LogP contribution in [0.4, 0.5) is 5.82 Å². The van der Waals surface area contributed by atoms with Crippen molar-refractivity contribution >= 4 is 22.9 Å². The van der Waals surface area contributed by atoms with Gasteiger partial charge in [0.1, 0.15) is 0 Å². The smallest absolute Gasteiger partial charge is 0.151 e. The molecule has 0 bridgehead atoms. The fourth-order valence-electron chi connectivity index (χ4n) is 2.40. The van der Waals surface area contributed by atoms with Gasteiger partial charge in [0.2, 0.25) is 0 Å². The predicted octanol–water partition coefficient (Wildman–Crippen LogP) is 3.37. The van der Waals surface area contributed by atoms with Gasteiger partial charge in [0.25, 0.3) is 0 Å². The van der Waals surface area contributed by atoms with Gasteiger partial charge in [-0.25, -0.2) is 4.52 Å². The number of aromatic nitrogens is 2. The third-order valence-corrected chi connectivity index (χ3v) is 3.56. The van der Waals surface area contributed by atoms with E-state index >= 15 is 0 Å². The number of hydrogen-bond donors (Lipinski definition) is 0. The van der Waals surface area contributed by atoms with Gasteiger partial charge in [0.05, 0.1) is 10.5 Å². The van der Waals surface area contributed by atoms with Crippen LogP contribution in [0.25, 0.3) is 5.52 Å². The van der Waals surface area contributed by atoms with Crippen LogP contribution in [0.2, 0.25) is 5.02 Å². The van der Waals surface area contributed by atoms with Crippen molar-refractivity contribution in [1.29, 1.82) is 0 Å². The van der Waals surface area contributed by atoms with Crippen molar-refractivity contribution in [3.05, 3.63) is 29.4 Å². The van der Waals surface area contributed by atoms with E-state index in [0.29, 0.717) is 0 Å². The van der Waals surface area contributed by atoms with Gasteiger partial charge in [0.15, 0.2) is 5.82 Å². The van der Waals surface area contributed by atoms with Crippen molar-refractivity contribution in [1.82, 2.24) is 9.61 Å². The predicted molar refractivity (Wildman–Crippen MR) is 70.9 cm³/mol. The maximum Gasteiger partial charge on any atom is 0.151 e. The summed E-state index contributed by atoms with van der Waals surface area (Å²) < 4.78 is 1.86. The average molecular weight is 250 g/mol. The van der Waals surface area contributed by atoms with Crippen molar-refractivity contribution < 1.29 is 0 Å². The normalized spacial score (nSPS) is 17.4. The SMILES string of the molecule is Clc1ccc2cc(N3CCCCCC3)nn2c1. The van der Waals surface area contributed by atoms with Gasteiger partial charge in [-0.1, -0.05) is 24.4 Å². The molecule has 1 fully saturated rings. The minimum absolute atomic E-state index is 0.725. The van der Waals surface area contributed by atoms with Gasteiger partial charge in [0, 0.05) is 25.4 Å². The highest BCUT2D eigenvalue weighted by Gasteiger charge is 2.13. The lowest BCUT2D eigenvalue weighted by Gasteiger charge is -2.18. The van der Waals surface area contributed by atoms with Crippen molar-refractivity contribution in [3.63, 3.8) is 0 Å². The molecule has 2 aromatic rings. The molecule has 2 aromatic heterocycles. The first-order valence-corrected chi connectivity index (χ1v) is 6.61. The van der Waals surface area contributed by atoms with Crippen LogP contribution >= 0.6 is 11.6 Å². The Morgan fingerprint density at radius 1 is 1.06 bits per heavy atom. The van der Waals surface area contributed by atoms with E-state index in [0.717, 1.165) is 29.4 Å². The van der Waals surface area contributed by atoms with E-state index in [1.54, 1.807) is 0 Å². The second-order valence-corrected chi connectivity index (χ2v) is 5.06. The fourth-order valence-corrected chi connectivity index (χ4v) is 2.56. The van der Waals surface area contributed by atoms with Crippen LogP contribution in [-0.4, -0.2) is 22.7 Å². The molecule has 1 aliphatic rings. The molecular formula is C13H16ClN3. The average Bonchev–Trinajstić information content (AvgIpc) is 2.57. The molecule has 3 nitrogen and oxygen atoms in total. The van der Waals surface area contributed by atoms with E-state index in [2.05, 4.69) is 16.1 Å². The lowest BCUT2D eigenvalue weighted by molar-refractivity contribution is 0.726. The lowest BCUT2D eigenvalue weighted by atomic mass is 10.2. The van der Waals surface area contributed by atoms with Crippen LogP contribution in [0.1, 0.15) is 25.7 Å². The largest absolute Gasteiger partial charge is 0.355 e. The topological polar surface area (TPSA) is 20.5 Å². The Balaban J connectivity index is 1.93. The Morgan fingerprint density at radius 2 is 1.82 bits per heavy atom. The zero-order chi connectivity index (χ0) is 11.7. The summed E-state index contributed by atoms with van der Waals surface area (Å²) in [5.41, 5.74) is 1.11. The minimum Gasteiger partial charge on any atom is -0.355 e. The summed E-state index contributed by atoms with van der Waals surface area (Å²) in [4.78, 5) is 2.38. The number of fused-ring (bicyclic) bond motifs is 1. The standard InChI is InChI=1S/C13H16ClN3/c14-11-5-6-12-9-13(15-17(12)10-11)16-7-3-1-2-4-8-16/h5-6,9-10H,1-4,7-8H2. The van der Waals surface area contributed by atoms with Gasteiger partial charge in [-0.15, -0.1) is 0 Å². The third-order valence-electron chi connectivity index (χ3n) is 3.34. The Labute approximate surface area is 106 Å². The van der Waals surface area contributed by atoms with Gasteiger partial charge >= 0.3 is 0 Å². The van der Waals surface area contributed by atoms with Crippen LogP contribution in [0, 0.1) is 0 Å². The fraction of sp³-hybridized carbons (Fsp3) is 0.462. The van der Waals surface area contributed by atoms with Crippen LogP contribution in [-0.2, 0) is 0 Å². The molecule has 0 radical (unpaired) electrons. The first kappa shape index (κ1) is 10.9. The molecule has 0 atom stereocenters. The number of anilines is 1. The van der Waals surface area contributed by atoms with Crippen LogP contribution in [0.15, 0.2) is 24.4 Å². The van der Waals surface area contributed by atoms with E-state index in [1.165, 1.54) is 25.7 Å².